The van der Waals surface area contributed by atoms with Gasteiger partial charge in [0.1, 0.15) is 0 Å². The molecule has 0 spiro atoms. The summed E-state index contributed by atoms with van der Waals surface area (Å²) in [5, 5.41) is 0. The molecule has 0 heterocycles. The van der Waals surface area contributed by atoms with Gasteiger partial charge in [0.2, 0.25) is 0 Å². The first-order valence-electron chi connectivity index (χ1n) is 15.2. The Kier molecular flexibility index (Phi) is 10.1. The molecule has 0 N–H and O–H groups in total. The third kappa shape index (κ3) is 6.50. The predicted octanol–water partition coefficient (Wildman–Crippen LogP) is 11.5. The molecule has 0 aliphatic carbocycles. The molecule has 5 rings (SSSR count). The lowest BCUT2D eigenvalue weighted by Crippen LogP contribution is -2.17. The molecule has 5 aromatic carbocycles. The van der Waals surface area contributed by atoms with Crippen LogP contribution in [0, 0.1) is 0 Å². The van der Waals surface area contributed by atoms with E-state index in [1.54, 1.807) is 0 Å². The van der Waals surface area contributed by atoms with Crippen molar-refractivity contribution >= 4 is 34.1 Å². The van der Waals surface area contributed by atoms with Crippen LogP contribution in [-0.4, -0.2) is 0 Å². The third-order valence-electron chi connectivity index (χ3n) is 7.73. The van der Waals surface area contributed by atoms with Gasteiger partial charge in [0.15, 0.2) is 0 Å². The molecule has 2 heteroatoms. The zero-order valence-electron chi connectivity index (χ0n) is 25.4. The van der Waals surface area contributed by atoms with Crippen LogP contribution in [-0.2, 0) is 25.7 Å². The fourth-order valence-electron chi connectivity index (χ4n) is 5.82. The van der Waals surface area contributed by atoms with E-state index in [1.807, 2.05) is 24.3 Å². The van der Waals surface area contributed by atoms with Crippen molar-refractivity contribution in [3.8, 4) is 0 Å². The third-order valence-corrected chi connectivity index (χ3v) is 7.73. The molecule has 218 valence electrons. The van der Waals surface area contributed by atoms with Gasteiger partial charge < -0.3 is 9.80 Å². The van der Waals surface area contributed by atoms with Gasteiger partial charge in [-0.1, -0.05) is 103 Å². The molecule has 0 saturated heterocycles. The van der Waals surface area contributed by atoms with E-state index >= 15 is 0 Å². The number of hydrogen-bond acceptors (Lipinski definition) is 2. The van der Waals surface area contributed by atoms with E-state index in [1.165, 1.54) is 22.3 Å². The molecule has 0 aliphatic rings. The highest BCUT2D eigenvalue weighted by Gasteiger charge is 2.22. The maximum absolute atomic E-state index is 4.05. The minimum Gasteiger partial charge on any atom is -0.310 e. The molecule has 0 unspecified atom stereocenters. The van der Waals surface area contributed by atoms with E-state index in [4.69, 9.17) is 0 Å². The minimum atomic E-state index is 0.770. The molecule has 0 aliphatic heterocycles. The van der Waals surface area contributed by atoms with E-state index in [0.717, 1.165) is 59.8 Å². The van der Waals surface area contributed by atoms with E-state index in [0.29, 0.717) is 0 Å². The van der Waals surface area contributed by atoms with Crippen molar-refractivity contribution in [2.45, 2.75) is 25.7 Å². The highest BCUT2D eigenvalue weighted by Crippen LogP contribution is 2.44. The van der Waals surface area contributed by atoms with Crippen LogP contribution < -0.4 is 9.80 Å². The SMILES string of the molecule is C=CCc1ccccc1N(c1cccc(N(c2ccccc2CC=C)c2ccccc2CC=C)c1)c1ccccc1CC=C. The molecular formula is C42H40N2. The van der Waals surface area contributed by atoms with Crippen LogP contribution in [0.3, 0.4) is 0 Å². The van der Waals surface area contributed by atoms with Crippen molar-refractivity contribution in [3.05, 3.63) is 194 Å². The molecule has 0 amide bonds. The number of para-hydroxylation sites is 4. The first kappa shape index (κ1) is 30.1. The van der Waals surface area contributed by atoms with Gasteiger partial charge in [-0.25, -0.2) is 0 Å². The summed E-state index contributed by atoms with van der Waals surface area (Å²) in [5.74, 6) is 0. The van der Waals surface area contributed by atoms with Crippen molar-refractivity contribution in [1.82, 2.24) is 0 Å². The van der Waals surface area contributed by atoms with E-state index in [2.05, 4.69) is 157 Å². The summed E-state index contributed by atoms with van der Waals surface area (Å²) in [7, 11) is 0. The number of rotatable bonds is 14. The minimum absolute atomic E-state index is 0.770. The summed E-state index contributed by atoms with van der Waals surface area (Å²) in [6, 6.07) is 43.2. The van der Waals surface area contributed by atoms with E-state index in [-0.39, 0.29) is 0 Å². The van der Waals surface area contributed by atoms with Crippen LogP contribution in [0.4, 0.5) is 34.1 Å². The molecule has 0 saturated carbocycles. The highest BCUT2D eigenvalue weighted by atomic mass is 15.2. The second kappa shape index (κ2) is 14.7. The van der Waals surface area contributed by atoms with Gasteiger partial charge in [-0.2, -0.15) is 0 Å². The summed E-state index contributed by atoms with van der Waals surface area (Å²) >= 11 is 0. The lowest BCUT2D eigenvalue weighted by atomic mass is 10.0. The summed E-state index contributed by atoms with van der Waals surface area (Å²) < 4.78 is 0. The van der Waals surface area contributed by atoms with Gasteiger partial charge >= 0.3 is 0 Å². The molecule has 0 radical (unpaired) electrons. The Morgan fingerprint density at radius 2 is 0.636 bits per heavy atom. The summed E-state index contributed by atoms with van der Waals surface area (Å²) in [6.45, 7) is 16.2. The predicted molar refractivity (Wildman–Crippen MR) is 191 cm³/mol. The first-order chi connectivity index (χ1) is 21.7. The Labute approximate surface area is 263 Å². The van der Waals surface area contributed by atoms with Crippen molar-refractivity contribution in [3.63, 3.8) is 0 Å². The normalized spacial score (nSPS) is 10.5. The Morgan fingerprint density at radius 3 is 0.909 bits per heavy atom. The quantitative estimate of drug-likeness (QED) is 0.122. The van der Waals surface area contributed by atoms with Crippen molar-refractivity contribution in [2.24, 2.45) is 0 Å². The van der Waals surface area contributed by atoms with Crippen LogP contribution in [0.2, 0.25) is 0 Å². The van der Waals surface area contributed by atoms with E-state index < -0.39 is 0 Å². The molecule has 44 heavy (non-hydrogen) atoms. The van der Waals surface area contributed by atoms with Crippen molar-refractivity contribution in [1.29, 1.82) is 0 Å². The monoisotopic (exact) mass is 572 g/mol. The summed E-state index contributed by atoms with van der Waals surface area (Å²) in [4.78, 5) is 4.76. The zero-order valence-corrected chi connectivity index (χ0v) is 25.4. The van der Waals surface area contributed by atoms with Gasteiger partial charge in [0.05, 0.1) is 0 Å². The summed E-state index contributed by atoms with van der Waals surface area (Å²) in [6.07, 6.45) is 11.0. The maximum Gasteiger partial charge on any atom is 0.0496 e. The topological polar surface area (TPSA) is 6.48 Å². The smallest absolute Gasteiger partial charge is 0.0496 e. The van der Waals surface area contributed by atoms with Crippen LogP contribution in [0.5, 0.6) is 0 Å². The van der Waals surface area contributed by atoms with Crippen LogP contribution in [0.15, 0.2) is 172 Å². The standard InChI is InChI=1S/C42H40N2/c1-5-18-33-22-9-13-28-39(33)43(40-29-14-10-23-34(40)19-6-2)37-26-17-27-38(32-37)44(41-30-15-11-24-35(41)20-7-3)42-31-16-12-25-36(42)21-8-4/h5-17,22-32H,1-4,18-21H2. The van der Waals surface area contributed by atoms with Gasteiger partial charge in [-0.3, -0.25) is 0 Å². The van der Waals surface area contributed by atoms with E-state index in [9.17, 15) is 0 Å². The Morgan fingerprint density at radius 1 is 0.364 bits per heavy atom. The Hall–Kier alpha value is -5.34. The summed E-state index contributed by atoms with van der Waals surface area (Å²) in [5.41, 5.74) is 11.5. The molecule has 0 atom stereocenters. The Bertz CT molecular complexity index is 1530. The molecule has 2 nitrogen and oxygen atoms in total. The van der Waals surface area contributed by atoms with Crippen LogP contribution >= 0.6 is 0 Å². The van der Waals surface area contributed by atoms with Gasteiger partial charge in [0.25, 0.3) is 0 Å². The average molecular weight is 573 g/mol. The van der Waals surface area contributed by atoms with Crippen molar-refractivity contribution in [2.75, 3.05) is 9.80 Å². The zero-order chi connectivity index (χ0) is 30.7. The highest BCUT2D eigenvalue weighted by molar-refractivity contribution is 5.86. The number of nitrogens with zero attached hydrogens (tertiary/aromatic N) is 2. The van der Waals surface area contributed by atoms with Crippen LogP contribution in [0.1, 0.15) is 22.3 Å². The molecule has 0 aromatic heterocycles. The maximum atomic E-state index is 4.05. The molecule has 0 fully saturated rings. The van der Waals surface area contributed by atoms with Gasteiger partial charge in [-0.15, -0.1) is 26.3 Å². The largest absolute Gasteiger partial charge is 0.310 e. The lowest BCUT2D eigenvalue weighted by Gasteiger charge is -2.32. The number of allylic oxidation sites excluding steroid dienone is 4. The molecular weight excluding hydrogens is 532 g/mol. The fraction of sp³-hybridized carbons (Fsp3) is 0.0952. The second-order valence-electron chi connectivity index (χ2n) is 10.7. The second-order valence-corrected chi connectivity index (χ2v) is 10.7. The number of hydrogen-bond donors (Lipinski definition) is 0. The van der Waals surface area contributed by atoms with Gasteiger partial charge in [0, 0.05) is 34.1 Å². The Balaban J connectivity index is 1.77. The fourth-order valence-corrected chi connectivity index (χ4v) is 5.82. The molecule has 5 aromatic rings. The van der Waals surface area contributed by atoms with Crippen molar-refractivity contribution < 1.29 is 0 Å². The van der Waals surface area contributed by atoms with Gasteiger partial charge in [-0.05, 0) is 90.4 Å². The number of benzene rings is 5. The lowest BCUT2D eigenvalue weighted by molar-refractivity contribution is 1.15. The number of anilines is 6. The van der Waals surface area contributed by atoms with Crippen LogP contribution in [0.25, 0.3) is 0 Å². The molecule has 0 bridgehead atoms. The average Bonchev–Trinajstić information content (AvgIpc) is 3.05. The first-order valence-corrected chi connectivity index (χ1v) is 15.2.